The van der Waals surface area contributed by atoms with E-state index in [1.807, 2.05) is 6.92 Å². The van der Waals surface area contributed by atoms with Crippen LogP contribution >= 0.6 is 23.4 Å². The van der Waals surface area contributed by atoms with E-state index in [1.54, 1.807) is 6.07 Å². The minimum Gasteiger partial charge on any atom is -0.462 e. The Kier molecular flexibility index (Phi) is 7.66. The van der Waals surface area contributed by atoms with Crippen molar-refractivity contribution in [3.05, 3.63) is 69.3 Å². The normalized spacial score (nSPS) is 14.7. The van der Waals surface area contributed by atoms with Gasteiger partial charge >= 0.3 is 5.97 Å². The van der Waals surface area contributed by atoms with E-state index < -0.39 is 35.4 Å². The number of imide groups is 1. The van der Waals surface area contributed by atoms with Crippen LogP contribution in [-0.2, 0) is 14.3 Å². The van der Waals surface area contributed by atoms with Crippen LogP contribution in [0.2, 0.25) is 5.02 Å². The lowest BCUT2D eigenvalue weighted by Crippen LogP contribution is -2.36. The van der Waals surface area contributed by atoms with Crippen molar-refractivity contribution in [2.24, 2.45) is 0 Å². The van der Waals surface area contributed by atoms with E-state index in [0.717, 1.165) is 4.90 Å². The van der Waals surface area contributed by atoms with Crippen molar-refractivity contribution < 1.29 is 28.3 Å². The van der Waals surface area contributed by atoms with Crippen molar-refractivity contribution in [3.63, 3.8) is 0 Å². The molecule has 1 aliphatic heterocycles. The summed E-state index contributed by atoms with van der Waals surface area (Å²) in [5.41, 5.74) is 0.486. The van der Waals surface area contributed by atoms with E-state index >= 15 is 0 Å². The second-order valence-electron chi connectivity index (χ2n) is 6.67. The molecule has 0 unspecified atom stereocenters. The Bertz CT molecular complexity index is 1120. The van der Waals surface area contributed by atoms with Crippen LogP contribution < -0.4 is 5.32 Å². The predicted octanol–water partition coefficient (Wildman–Crippen LogP) is 4.72. The number of anilines is 1. The lowest BCUT2D eigenvalue weighted by Gasteiger charge is -2.13. The highest BCUT2D eigenvalue weighted by Gasteiger charge is 2.36. The standard InChI is InChI=1S/C22H18ClFN2O5S/c1-2-9-31-21(29)15-11-14(7-8-16(15)23)25-19(27)12-26-20(28)18(32-22(26)30)10-13-5-3-4-6-17(13)24/h3-8,10-11H,2,9,12H2,1H3,(H,25,27)/b18-10+. The van der Waals surface area contributed by atoms with Crippen LogP contribution in [0.4, 0.5) is 14.9 Å². The highest BCUT2D eigenvalue weighted by atomic mass is 35.5. The van der Waals surface area contributed by atoms with Crippen LogP contribution in [0.25, 0.3) is 6.08 Å². The number of hydrogen-bond acceptors (Lipinski definition) is 6. The molecule has 0 atom stereocenters. The van der Waals surface area contributed by atoms with E-state index in [2.05, 4.69) is 5.32 Å². The maximum Gasteiger partial charge on any atom is 0.339 e. The van der Waals surface area contributed by atoms with Gasteiger partial charge in [-0.2, -0.15) is 0 Å². The number of nitrogens with one attached hydrogen (secondary N) is 1. The molecule has 0 saturated carbocycles. The van der Waals surface area contributed by atoms with Crippen LogP contribution in [-0.4, -0.2) is 41.1 Å². The molecule has 1 fully saturated rings. The SMILES string of the molecule is CCCOC(=O)c1cc(NC(=O)CN2C(=O)S/C(=C/c3ccccc3F)C2=O)ccc1Cl. The smallest absolute Gasteiger partial charge is 0.339 e. The molecule has 0 radical (unpaired) electrons. The first-order valence-corrected chi connectivity index (χ1v) is 10.8. The van der Waals surface area contributed by atoms with Gasteiger partial charge in [0.15, 0.2) is 0 Å². The van der Waals surface area contributed by atoms with Crippen molar-refractivity contribution in [1.29, 1.82) is 0 Å². The molecule has 1 N–H and O–H groups in total. The summed E-state index contributed by atoms with van der Waals surface area (Å²) in [6.45, 7) is 1.53. The molecule has 10 heteroatoms. The first-order valence-electron chi connectivity index (χ1n) is 9.56. The Morgan fingerprint density at radius 2 is 1.97 bits per heavy atom. The van der Waals surface area contributed by atoms with Gasteiger partial charge in [-0.25, -0.2) is 9.18 Å². The maximum atomic E-state index is 13.8. The minimum absolute atomic E-state index is 0.0142. The van der Waals surface area contributed by atoms with Gasteiger partial charge in [-0.15, -0.1) is 0 Å². The molecule has 0 bridgehead atoms. The number of halogens is 2. The van der Waals surface area contributed by atoms with Gasteiger partial charge in [-0.05, 0) is 48.5 Å². The molecule has 3 amide bonds. The van der Waals surface area contributed by atoms with Crippen LogP contribution in [0.1, 0.15) is 29.3 Å². The number of nitrogens with zero attached hydrogens (tertiary/aromatic N) is 1. The third-order valence-corrected chi connectivity index (χ3v) is 5.51. The third-order valence-electron chi connectivity index (χ3n) is 4.27. The van der Waals surface area contributed by atoms with Gasteiger partial charge in [0.1, 0.15) is 12.4 Å². The minimum atomic E-state index is -0.696. The number of carbonyl (C=O) groups is 4. The largest absolute Gasteiger partial charge is 0.462 e. The lowest BCUT2D eigenvalue weighted by atomic mass is 10.2. The maximum absolute atomic E-state index is 13.8. The number of esters is 1. The van der Waals surface area contributed by atoms with Gasteiger partial charge in [0.2, 0.25) is 5.91 Å². The fourth-order valence-corrected chi connectivity index (χ4v) is 3.77. The van der Waals surface area contributed by atoms with Crippen molar-refractivity contribution in [2.45, 2.75) is 13.3 Å². The summed E-state index contributed by atoms with van der Waals surface area (Å²) >= 11 is 6.65. The zero-order chi connectivity index (χ0) is 23.3. The highest BCUT2D eigenvalue weighted by Crippen LogP contribution is 2.32. The van der Waals surface area contributed by atoms with E-state index in [-0.39, 0.29) is 33.3 Å². The second kappa shape index (κ2) is 10.4. The van der Waals surface area contributed by atoms with E-state index in [9.17, 15) is 23.6 Å². The van der Waals surface area contributed by atoms with Crippen molar-refractivity contribution in [2.75, 3.05) is 18.5 Å². The van der Waals surface area contributed by atoms with Gasteiger partial charge in [0.25, 0.3) is 11.1 Å². The predicted molar refractivity (Wildman–Crippen MR) is 120 cm³/mol. The van der Waals surface area contributed by atoms with Crippen LogP contribution in [0.3, 0.4) is 0 Å². The highest BCUT2D eigenvalue weighted by molar-refractivity contribution is 8.18. The zero-order valence-electron chi connectivity index (χ0n) is 16.9. The Morgan fingerprint density at radius 3 is 2.69 bits per heavy atom. The summed E-state index contributed by atoms with van der Waals surface area (Å²) in [7, 11) is 0. The van der Waals surface area contributed by atoms with Gasteiger partial charge in [0, 0.05) is 11.3 Å². The topological polar surface area (TPSA) is 92.8 Å². The van der Waals surface area contributed by atoms with Gasteiger partial charge in [-0.1, -0.05) is 36.7 Å². The third kappa shape index (κ3) is 5.54. The molecule has 0 aliphatic carbocycles. The zero-order valence-corrected chi connectivity index (χ0v) is 18.5. The van der Waals surface area contributed by atoms with Crippen molar-refractivity contribution in [1.82, 2.24) is 4.90 Å². The van der Waals surface area contributed by atoms with Crippen LogP contribution in [0, 0.1) is 5.82 Å². The number of thioether (sulfide) groups is 1. The monoisotopic (exact) mass is 476 g/mol. The summed E-state index contributed by atoms with van der Waals surface area (Å²) < 4.78 is 18.9. The average Bonchev–Trinajstić information content (AvgIpc) is 3.02. The second-order valence-corrected chi connectivity index (χ2v) is 8.07. The summed E-state index contributed by atoms with van der Waals surface area (Å²) in [6, 6.07) is 10.1. The Labute approximate surface area is 192 Å². The summed E-state index contributed by atoms with van der Waals surface area (Å²) in [4.78, 5) is 50.0. The van der Waals surface area contributed by atoms with Gasteiger partial charge < -0.3 is 10.1 Å². The molecule has 166 valence electrons. The molecule has 2 aromatic carbocycles. The molecule has 0 aromatic heterocycles. The van der Waals surface area contributed by atoms with Crippen LogP contribution in [0.15, 0.2) is 47.4 Å². The molecular formula is C22H18ClFN2O5S. The molecule has 1 heterocycles. The first-order chi connectivity index (χ1) is 15.3. The molecule has 3 rings (SSSR count). The summed E-state index contributed by atoms with van der Waals surface area (Å²) in [5, 5.41) is 2.04. The molecule has 1 aliphatic rings. The number of rotatable bonds is 7. The molecule has 2 aromatic rings. The van der Waals surface area contributed by atoms with E-state index in [0.29, 0.717) is 18.2 Å². The summed E-state index contributed by atoms with van der Waals surface area (Å²) in [5.74, 6) is -2.52. The van der Waals surface area contributed by atoms with Crippen molar-refractivity contribution in [3.8, 4) is 0 Å². The molecule has 0 spiro atoms. The number of benzene rings is 2. The van der Waals surface area contributed by atoms with E-state index in [1.165, 1.54) is 42.5 Å². The van der Waals surface area contributed by atoms with Crippen LogP contribution in [0.5, 0.6) is 0 Å². The molecular weight excluding hydrogens is 459 g/mol. The average molecular weight is 477 g/mol. The Balaban J connectivity index is 1.69. The number of ether oxygens (including phenoxy) is 1. The lowest BCUT2D eigenvalue weighted by molar-refractivity contribution is -0.127. The molecule has 32 heavy (non-hydrogen) atoms. The molecule has 1 saturated heterocycles. The van der Waals surface area contributed by atoms with E-state index in [4.69, 9.17) is 16.3 Å². The number of hydrogen-bond donors (Lipinski definition) is 1. The number of carbonyl (C=O) groups excluding carboxylic acids is 4. The van der Waals surface area contributed by atoms with Crippen molar-refractivity contribution >= 4 is 58.1 Å². The summed E-state index contributed by atoms with van der Waals surface area (Å²) in [6.07, 6.45) is 1.91. The molecule has 7 nitrogen and oxygen atoms in total. The first kappa shape index (κ1) is 23.5. The van der Waals surface area contributed by atoms with Gasteiger partial charge in [0.05, 0.1) is 22.1 Å². The fraction of sp³-hybridized carbons (Fsp3) is 0.182. The fourth-order valence-electron chi connectivity index (χ4n) is 2.75. The quantitative estimate of drug-likeness (QED) is 0.459. The Morgan fingerprint density at radius 1 is 1.22 bits per heavy atom. The Hall–Kier alpha value is -3.17. The number of amides is 3. The van der Waals surface area contributed by atoms with Gasteiger partial charge in [-0.3, -0.25) is 19.3 Å².